The number of anilines is 1. The summed E-state index contributed by atoms with van der Waals surface area (Å²) in [6.45, 7) is 5.48. The molecule has 8 heteroatoms. The van der Waals surface area contributed by atoms with E-state index >= 15 is 0 Å². The molecule has 1 aromatic carbocycles. The third-order valence-corrected chi connectivity index (χ3v) is 4.93. The zero-order chi connectivity index (χ0) is 19.3. The maximum absolute atomic E-state index is 12.4. The summed E-state index contributed by atoms with van der Waals surface area (Å²) in [7, 11) is 2.77. The van der Waals surface area contributed by atoms with E-state index in [0.717, 1.165) is 35.4 Å². The molecule has 0 aliphatic carbocycles. The molecule has 0 atom stereocenters. The number of ether oxygens (including phenoxy) is 2. The molecule has 0 saturated carbocycles. The number of nitrogens with zero attached hydrogens (tertiary/aromatic N) is 2. The van der Waals surface area contributed by atoms with Crippen LogP contribution in [-0.4, -0.2) is 55.9 Å². The molecule has 1 aliphatic rings. The summed E-state index contributed by atoms with van der Waals surface area (Å²) in [4.78, 5) is 39.0. The summed E-state index contributed by atoms with van der Waals surface area (Å²) in [5.74, 6) is -0.552. The lowest BCUT2D eigenvalue weighted by atomic mass is 10.1. The molecule has 0 N–H and O–H groups in total. The maximum atomic E-state index is 12.4. The molecule has 0 aromatic heterocycles. The summed E-state index contributed by atoms with van der Waals surface area (Å²) in [5, 5.41) is -0.495. The number of imide groups is 1. The Morgan fingerprint density at radius 1 is 1.23 bits per heavy atom. The van der Waals surface area contributed by atoms with Gasteiger partial charge >= 0.3 is 5.97 Å². The van der Waals surface area contributed by atoms with Gasteiger partial charge in [0.25, 0.3) is 11.1 Å². The number of esters is 1. The van der Waals surface area contributed by atoms with Gasteiger partial charge in [0.1, 0.15) is 12.3 Å². The SMILES string of the molecule is CCN(CC)c1ccc(C=C2SC(=O)N(CC(=O)OC)C2=O)c(OC)c1. The van der Waals surface area contributed by atoms with Crippen LogP contribution < -0.4 is 9.64 Å². The zero-order valence-electron chi connectivity index (χ0n) is 15.3. The number of carbonyl (C=O) groups is 3. The second-order valence-electron chi connectivity index (χ2n) is 5.44. The Bertz CT molecular complexity index is 743. The Morgan fingerprint density at radius 3 is 2.50 bits per heavy atom. The molecule has 1 fully saturated rings. The molecule has 1 aromatic rings. The fourth-order valence-electron chi connectivity index (χ4n) is 2.58. The molecule has 1 aliphatic heterocycles. The van der Waals surface area contributed by atoms with Gasteiger partial charge in [-0.15, -0.1) is 0 Å². The van der Waals surface area contributed by atoms with Crippen LogP contribution in [0.4, 0.5) is 10.5 Å². The van der Waals surface area contributed by atoms with Crippen molar-refractivity contribution in [2.45, 2.75) is 13.8 Å². The lowest BCUT2D eigenvalue weighted by molar-refractivity contribution is -0.143. The lowest BCUT2D eigenvalue weighted by Gasteiger charge is -2.22. The van der Waals surface area contributed by atoms with Gasteiger partial charge in [0, 0.05) is 30.4 Å². The van der Waals surface area contributed by atoms with E-state index in [9.17, 15) is 14.4 Å². The molecular weight excluding hydrogens is 356 g/mol. The molecule has 1 saturated heterocycles. The van der Waals surface area contributed by atoms with Crippen molar-refractivity contribution < 1.29 is 23.9 Å². The second kappa shape index (κ2) is 8.75. The summed E-state index contributed by atoms with van der Waals surface area (Å²) in [6.07, 6.45) is 1.60. The minimum Gasteiger partial charge on any atom is -0.496 e. The van der Waals surface area contributed by atoms with Crippen molar-refractivity contribution in [1.29, 1.82) is 0 Å². The van der Waals surface area contributed by atoms with E-state index in [-0.39, 0.29) is 4.91 Å². The first-order valence-electron chi connectivity index (χ1n) is 8.20. The average Bonchev–Trinajstić information content (AvgIpc) is 2.90. The molecule has 0 spiro atoms. The molecular formula is C18H22N2O5S. The molecule has 1 heterocycles. The van der Waals surface area contributed by atoms with Gasteiger partial charge in [-0.3, -0.25) is 19.3 Å². The van der Waals surface area contributed by atoms with Gasteiger partial charge in [0.05, 0.1) is 19.1 Å². The summed E-state index contributed by atoms with van der Waals surface area (Å²) in [5.41, 5.74) is 1.70. The van der Waals surface area contributed by atoms with Gasteiger partial charge in [-0.1, -0.05) is 0 Å². The third-order valence-electron chi connectivity index (χ3n) is 4.02. The molecule has 0 radical (unpaired) electrons. The van der Waals surface area contributed by atoms with Crippen molar-refractivity contribution in [2.24, 2.45) is 0 Å². The Kier molecular flexibility index (Phi) is 6.68. The van der Waals surface area contributed by atoms with Crippen LogP contribution in [0.25, 0.3) is 6.08 Å². The second-order valence-corrected chi connectivity index (χ2v) is 6.44. The topological polar surface area (TPSA) is 76.2 Å². The van der Waals surface area contributed by atoms with Crippen LogP contribution in [0.3, 0.4) is 0 Å². The number of amides is 2. The molecule has 26 heavy (non-hydrogen) atoms. The van der Waals surface area contributed by atoms with Crippen LogP contribution in [-0.2, 0) is 14.3 Å². The third kappa shape index (κ3) is 4.19. The van der Waals surface area contributed by atoms with Crippen molar-refractivity contribution in [3.8, 4) is 5.75 Å². The van der Waals surface area contributed by atoms with Crippen LogP contribution >= 0.6 is 11.8 Å². The fraction of sp³-hybridized carbons (Fsp3) is 0.389. The van der Waals surface area contributed by atoms with Gasteiger partial charge in [-0.2, -0.15) is 0 Å². The standard InChI is InChI=1S/C18H22N2O5S/c1-5-19(6-2)13-8-7-12(14(10-13)24-3)9-15-17(22)20(18(23)26-15)11-16(21)25-4/h7-10H,5-6,11H2,1-4H3. The first-order chi connectivity index (χ1) is 12.4. The van der Waals surface area contributed by atoms with Gasteiger partial charge in [-0.25, -0.2) is 0 Å². The van der Waals surface area contributed by atoms with Gasteiger partial charge < -0.3 is 14.4 Å². The number of carbonyl (C=O) groups excluding carboxylic acids is 3. The van der Waals surface area contributed by atoms with Crippen LogP contribution in [0, 0.1) is 0 Å². The molecule has 0 bridgehead atoms. The van der Waals surface area contributed by atoms with E-state index < -0.39 is 23.7 Å². The normalized spacial score (nSPS) is 15.5. The average molecular weight is 378 g/mol. The lowest BCUT2D eigenvalue weighted by Crippen LogP contribution is -2.34. The Morgan fingerprint density at radius 2 is 1.92 bits per heavy atom. The number of hydrogen-bond acceptors (Lipinski definition) is 7. The molecule has 140 valence electrons. The van der Waals surface area contributed by atoms with E-state index in [2.05, 4.69) is 23.5 Å². The number of hydrogen-bond donors (Lipinski definition) is 0. The molecule has 7 nitrogen and oxygen atoms in total. The first-order valence-corrected chi connectivity index (χ1v) is 9.01. The monoisotopic (exact) mass is 378 g/mol. The van der Waals surface area contributed by atoms with Crippen LogP contribution in [0.2, 0.25) is 0 Å². The molecule has 0 unspecified atom stereocenters. The summed E-state index contributed by atoms with van der Waals surface area (Å²) in [6, 6.07) is 5.69. The van der Waals surface area contributed by atoms with Gasteiger partial charge in [-0.05, 0) is 43.8 Å². The van der Waals surface area contributed by atoms with Crippen molar-refractivity contribution in [1.82, 2.24) is 4.90 Å². The highest BCUT2D eigenvalue weighted by molar-refractivity contribution is 8.18. The Balaban J connectivity index is 2.30. The minimum absolute atomic E-state index is 0.243. The van der Waals surface area contributed by atoms with Crippen molar-refractivity contribution in [2.75, 3.05) is 38.8 Å². The maximum Gasteiger partial charge on any atom is 0.325 e. The number of rotatable bonds is 7. The largest absolute Gasteiger partial charge is 0.496 e. The van der Waals surface area contributed by atoms with Crippen molar-refractivity contribution >= 4 is 40.6 Å². The number of thioether (sulfide) groups is 1. The highest BCUT2D eigenvalue weighted by Crippen LogP contribution is 2.35. The highest BCUT2D eigenvalue weighted by Gasteiger charge is 2.36. The number of benzene rings is 1. The van der Waals surface area contributed by atoms with E-state index in [1.807, 2.05) is 18.2 Å². The van der Waals surface area contributed by atoms with E-state index in [1.54, 1.807) is 13.2 Å². The summed E-state index contributed by atoms with van der Waals surface area (Å²) >= 11 is 0.793. The van der Waals surface area contributed by atoms with Crippen LogP contribution in [0.15, 0.2) is 23.1 Å². The fourth-order valence-corrected chi connectivity index (χ4v) is 3.40. The molecule has 2 rings (SSSR count). The Labute approximate surface area is 156 Å². The van der Waals surface area contributed by atoms with E-state index in [1.165, 1.54) is 7.11 Å². The molecule has 2 amide bonds. The predicted octanol–water partition coefficient (Wildman–Crippen LogP) is 2.75. The van der Waals surface area contributed by atoms with E-state index in [4.69, 9.17) is 4.74 Å². The van der Waals surface area contributed by atoms with Crippen LogP contribution in [0.5, 0.6) is 5.75 Å². The van der Waals surface area contributed by atoms with Gasteiger partial charge in [0.2, 0.25) is 0 Å². The summed E-state index contributed by atoms with van der Waals surface area (Å²) < 4.78 is 9.96. The Hall–Kier alpha value is -2.48. The van der Waals surface area contributed by atoms with Gasteiger partial charge in [0.15, 0.2) is 0 Å². The number of methoxy groups -OCH3 is 2. The van der Waals surface area contributed by atoms with Crippen molar-refractivity contribution in [3.63, 3.8) is 0 Å². The minimum atomic E-state index is -0.644. The quantitative estimate of drug-likeness (QED) is 0.533. The van der Waals surface area contributed by atoms with Crippen LogP contribution in [0.1, 0.15) is 19.4 Å². The zero-order valence-corrected chi connectivity index (χ0v) is 16.1. The predicted molar refractivity (Wildman–Crippen MR) is 101 cm³/mol. The first kappa shape index (κ1) is 19.8. The smallest absolute Gasteiger partial charge is 0.325 e. The van der Waals surface area contributed by atoms with E-state index in [0.29, 0.717) is 11.3 Å². The van der Waals surface area contributed by atoms with Crippen molar-refractivity contribution in [3.05, 3.63) is 28.7 Å². The highest BCUT2D eigenvalue weighted by atomic mass is 32.2.